The van der Waals surface area contributed by atoms with Crippen LogP contribution in [0.2, 0.25) is 0 Å². The summed E-state index contributed by atoms with van der Waals surface area (Å²) < 4.78 is 0. The number of aliphatic carboxylic acids is 3. The lowest BCUT2D eigenvalue weighted by Crippen LogP contribution is -2.27. The van der Waals surface area contributed by atoms with Gasteiger partial charge in [-0.15, -0.1) is 0 Å². The molecule has 8 heteroatoms. The number of carboxylic acids is 3. The molecule has 20 heavy (non-hydrogen) atoms. The molecule has 0 amide bonds. The van der Waals surface area contributed by atoms with E-state index in [1.54, 1.807) is 12.1 Å². The molecule has 0 aliphatic heterocycles. The largest absolute Gasteiger partial charge is 0.481 e. The maximum absolute atomic E-state index is 11.0. The van der Waals surface area contributed by atoms with Gasteiger partial charge in [-0.05, 0) is 19.3 Å². The molecule has 0 bridgehead atoms. The number of hydrogen-bond donors (Lipinski definition) is 3. The first-order chi connectivity index (χ1) is 9.26. The fraction of sp³-hybridized carbons (Fsp3) is 0.583. The summed E-state index contributed by atoms with van der Waals surface area (Å²) in [6, 6.07) is 3.32. The van der Waals surface area contributed by atoms with E-state index < -0.39 is 48.5 Å². The predicted molar refractivity (Wildman–Crippen MR) is 63.1 cm³/mol. The van der Waals surface area contributed by atoms with Crippen LogP contribution in [-0.2, 0) is 14.4 Å². The zero-order valence-electron chi connectivity index (χ0n) is 10.6. The monoisotopic (exact) mass is 282 g/mol. The molecule has 0 aromatic carbocycles. The summed E-state index contributed by atoms with van der Waals surface area (Å²) in [6.45, 7) is 0. The molecular weight excluding hydrogens is 268 g/mol. The summed E-state index contributed by atoms with van der Waals surface area (Å²) in [5, 5.41) is 44.1. The summed E-state index contributed by atoms with van der Waals surface area (Å²) >= 11 is 0. The van der Waals surface area contributed by atoms with Gasteiger partial charge in [-0.3, -0.25) is 14.4 Å². The van der Waals surface area contributed by atoms with Crippen LogP contribution in [0.15, 0.2) is 0 Å². The van der Waals surface area contributed by atoms with E-state index in [0.29, 0.717) is 0 Å². The average molecular weight is 282 g/mol. The average Bonchev–Trinajstić information content (AvgIpc) is 2.38. The van der Waals surface area contributed by atoms with Crippen LogP contribution in [0.5, 0.6) is 0 Å². The normalized spacial score (nSPS) is 11.9. The Hall–Kier alpha value is -2.61. The lowest BCUT2D eigenvalue weighted by atomic mass is 9.77. The van der Waals surface area contributed by atoms with Gasteiger partial charge in [0.05, 0.1) is 18.1 Å². The highest BCUT2D eigenvalue weighted by Gasteiger charge is 2.36. The van der Waals surface area contributed by atoms with Crippen molar-refractivity contribution >= 4 is 17.9 Å². The first kappa shape index (κ1) is 17.4. The molecule has 3 N–H and O–H groups in total. The molecule has 0 fully saturated rings. The second-order valence-electron chi connectivity index (χ2n) is 4.37. The zero-order chi connectivity index (χ0) is 15.8. The van der Waals surface area contributed by atoms with Crippen LogP contribution < -0.4 is 0 Å². The van der Waals surface area contributed by atoms with Crippen LogP contribution in [0.1, 0.15) is 32.1 Å². The lowest BCUT2D eigenvalue weighted by molar-refractivity contribution is -0.143. The first-order valence-corrected chi connectivity index (χ1v) is 5.75. The van der Waals surface area contributed by atoms with E-state index in [-0.39, 0.29) is 12.8 Å². The van der Waals surface area contributed by atoms with E-state index in [4.69, 9.17) is 25.8 Å². The SMILES string of the molecule is N#CC(C#N)(CCC(=O)O)CC(CCC(=O)O)C(=O)O. The van der Waals surface area contributed by atoms with Crippen molar-refractivity contribution in [2.45, 2.75) is 32.1 Å². The minimum atomic E-state index is -1.74. The van der Waals surface area contributed by atoms with Crippen molar-refractivity contribution in [3.8, 4) is 12.1 Å². The number of carboxylic acid groups (broad SMARTS) is 3. The van der Waals surface area contributed by atoms with Crippen molar-refractivity contribution in [1.82, 2.24) is 0 Å². The molecule has 8 nitrogen and oxygen atoms in total. The van der Waals surface area contributed by atoms with Gasteiger partial charge < -0.3 is 15.3 Å². The third-order valence-electron chi connectivity index (χ3n) is 2.84. The number of rotatable bonds is 9. The Balaban J connectivity index is 4.96. The summed E-state index contributed by atoms with van der Waals surface area (Å²) in [5.41, 5.74) is -1.74. The summed E-state index contributed by atoms with van der Waals surface area (Å²) in [6.07, 6.45) is -1.75. The maximum atomic E-state index is 11.0. The highest BCUT2D eigenvalue weighted by atomic mass is 16.4. The van der Waals surface area contributed by atoms with Crippen molar-refractivity contribution in [3.05, 3.63) is 0 Å². The maximum Gasteiger partial charge on any atom is 0.306 e. The zero-order valence-corrected chi connectivity index (χ0v) is 10.6. The van der Waals surface area contributed by atoms with Crippen LogP contribution in [0.3, 0.4) is 0 Å². The highest BCUT2D eigenvalue weighted by Crippen LogP contribution is 2.32. The van der Waals surface area contributed by atoms with E-state index >= 15 is 0 Å². The minimum Gasteiger partial charge on any atom is -0.481 e. The number of nitriles is 2. The Bertz CT molecular complexity index is 459. The second kappa shape index (κ2) is 7.74. The van der Waals surface area contributed by atoms with Gasteiger partial charge in [0.2, 0.25) is 0 Å². The van der Waals surface area contributed by atoms with Crippen LogP contribution in [0, 0.1) is 34.0 Å². The summed E-state index contributed by atoms with van der Waals surface area (Å²) in [5.74, 6) is -4.87. The second-order valence-corrected chi connectivity index (χ2v) is 4.37. The van der Waals surface area contributed by atoms with Crippen molar-refractivity contribution < 1.29 is 29.7 Å². The van der Waals surface area contributed by atoms with Crippen LogP contribution in [0.4, 0.5) is 0 Å². The quantitative estimate of drug-likeness (QED) is 0.560. The summed E-state index contributed by atoms with van der Waals surface area (Å²) in [4.78, 5) is 32.0. The van der Waals surface area contributed by atoms with Gasteiger partial charge >= 0.3 is 17.9 Å². The number of nitrogens with zero attached hydrogens (tertiary/aromatic N) is 2. The molecule has 0 spiro atoms. The lowest BCUT2D eigenvalue weighted by Gasteiger charge is -2.21. The Kier molecular flexibility index (Phi) is 6.73. The molecular formula is C12H14N2O6. The van der Waals surface area contributed by atoms with Crippen LogP contribution in [0.25, 0.3) is 0 Å². The third-order valence-corrected chi connectivity index (χ3v) is 2.84. The molecule has 0 aromatic heterocycles. The molecule has 108 valence electrons. The van der Waals surface area contributed by atoms with Gasteiger partial charge in [-0.1, -0.05) is 0 Å². The molecule has 0 aliphatic rings. The fourth-order valence-electron chi connectivity index (χ4n) is 1.68. The van der Waals surface area contributed by atoms with Crippen LogP contribution in [-0.4, -0.2) is 33.2 Å². The fourth-order valence-corrected chi connectivity index (χ4v) is 1.68. The Morgan fingerprint density at radius 2 is 1.50 bits per heavy atom. The molecule has 1 atom stereocenters. The smallest absolute Gasteiger partial charge is 0.306 e. The molecule has 0 aromatic rings. The minimum absolute atomic E-state index is 0.219. The van der Waals surface area contributed by atoms with Gasteiger partial charge in [0, 0.05) is 12.8 Å². The Morgan fingerprint density at radius 1 is 1.00 bits per heavy atom. The van der Waals surface area contributed by atoms with E-state index in [0.717, 1.165) is 0 Å². The van der Waals surface area contributed by atoms with E-state index in [9.17, 15) is 14.4 Å². The molecule has 0 heterocycles. The van der Waals surface area contributed by atoms with E-state index in [1.807, 2.05) is 0 Å². The van der Waals surface area contributed by atoms with Gasteiger partial charge in [0.1, 0.15) is 5.41 Å². The number of hydrogen-bond acceptors (Lipinski definition) is 5. The molecule has 0 radical (unpaired) electrons. The van der Waals surface area contributed by atoms with E-state index in [1.165, 1.54) is 0 Å². The van der Waals surface area contributed by atoms with Gasteiger partial charge in [-0.25, -0.2) is 0 Å². The van der Waals surface area contributed by atoms with Gasteiger partial charge in [-0.2, -0.15) is 10.5 Å². The van der Waals surface area contributed by atoms with Gasteiger partial charge in [0.15, 0.2) is 0 Å². The first-order valence-electron chi connectivity index (χ1n) is 5.75. The van der Waals surface area contributed by atoms with Crippen molar-refractivity contribution in [3.63, 3.8) is 0 Å². The third kappa shape index (κ3) is 5.83. The van der Waals surface area contributed by atoms with E-state index in [2.05, 4.69) is 0 Å². The molecule has 1 unspecified atom stereocenters. The number of carbonyl (C=O) groups is 3. The molecule has 0 rings (SSSR count). The van der Waals surface area contributed by atoms with Crippen molar-refractivity contribution in [2.75, 3.05) is 0 Å². The Labute approximate surface area is 114 Å². The van der Waals surface area contributed by atoms with Crippen molar-refractivity contribution in [2.24, 2.45) is 11.3 Å². The standard InChI is InChI=1S/C12H14N2O6/c13-6-12(7-14,4-3-10(17)18)5-8(11(19)20)1-2-9(15)16/h8H,1-5H2,(H,15,16)(H,17,18)(H,19,20). The Morgan fingerprint density at radius 3 is 1.85 bits per heavy atom. The molecule has 0 saturated heterocycles. The highest BCUT2D eigenvalue weighted by molar-refractivity contribution is 5.72. The summed E-state index contributed by atoms with van der Waals surface area (Å²) in [7, 11) is 0. The predicted octanol–water partition coefficient (Wildman–Crippen LogP) is 0.840. The topological polar surface area (TPSA) is 159 Å². The van der Waals surface area contributed by atoms with Crippen molar-refractivity contribution in [1.29, 1.82) is 10.5 Å². The molecule has 0 aliphatic carbocycles. The van der Waals surface area contributed by atoms with Crippen LogP contribution >= 0.6 is 0 Å². The van der Waals surface area contributed by atoms with Gasteiger partial charge in [0.25, 0.3) is 0 Å². The molecule has 0 saturated carbocycles.